The Kier molecular flexibility index (Phi) is 5.48. The highest BCUT2D eigenvalue weighted by Gasteiger charge is 2.11. The molecule has 3 N–H and O–H groups in total. The molecule has 0 spiro atoms. The van der Waals surface area contributed by atoms with Crippen LogP contribution >= 0.6 is 12.2 Å². The van der Waals surface area contributed by atoms with Gasteiger partial charge in [0, 0.05) is 6.20 Å². The van der Waals surface area contributed by atoms with Gasteiger partial charge in [0.2, 0.25) is 5.91 Å². The highest BCUT2D eigenvalue weighted by atomic mass is 32.1. The van der Waals surface area contributed by atoms with E-state index in [-0.39, 0.29) is 12.5 Å². The number of ether oxygens (including phenoxy) is 1. The van der Waals surface area contributed by atoms with Crippen molar-refractivity contribution in [3.8, 4) is 5.75 Å². The van der Waals surface area contributed by atoms with Crippen molar-refractivity contribution in [2.24, 2.45) is 0 Å². The normalized spacial score (nSPS) is 10.0. The van der Waals surface area contributed by atoms with Gasteiger partial charge in [-0.2, -0.15) is 0 Å². The standard InChI is InChI=1S/C16H17N3O3S/c1-10-5-6-13(22-2)12(8-10)19-14(20)9-18-15(21)11-4-3-7-17-16(11)23/h3-8H,9H2,1-2H3,(H,17,23)(H,18,21)(H,19,20). The van der Waals surface area contributed by atoms with Gasteiger partial charge in [0.25, 0.3) is 5.91 Å². The lowest BCUT2D eigenvalue weighted by Gasteiger charge is -2.11. The number of aromatic nitrogens is 1. The molecule has 1 heterocycles. The molecular formula is C16H17N3O3S. The average Bonchev–Trinajstić information content (AvgIpc) is 2.53. The number of carbonyl (C=O) groups excluding carboxylic acids is 2. The number of carbonyl (C=O) groups is 2. The van der Waals surface area contributed by atoms with Crippen LogP contribution < -0.4 is 15.4 Å². The van der Waals surface area contributed by atoms with E-state index >= 15 is 0 Å². The summed E-state index contributed by atoms with van der Waals surface area (Å²) in [6.07, 6.45) is 1.63. The summed E-state index contributed by atoms with van der Waals surface area (Å²) >= 11 is 5.03. The lowest BCUT2D eigenvalue weighted by Crippen LogP contribution is -2.33. The predicted octanol–water partition coefficient (Wildman–Crippen LogP) is 2.43. The zero-order valence-corrected chi connectivity index (χ0v) is 13.6. The Bertz CT molecular complexity index is 786. The number of hydrogen-bond acceptors (Lipinski definition) is 4. The van der Waals surface area contributed by atoms with E-state index in [0.29, 0.717) is 21.6 Å². The quantitative estimate of drug-likeness (QED) is 0.735. The van der Waals surface area contributed by atoms with Crippen molar-refractivity contribution in [3.63, 3.8) is 0 Å². The molecule has 0 aliphatic rings. The second-order valence-corrected chi connectivity index (χ2v) is 5.26. The Balaban J connectivity index is 1.98. The SMILES string of the molecule is COc1ccc(C)cc1NC(=O)CNC(=O)c1ccc[nH]c1=S. The average molecular weight is 331 g/mol. The Morgan fingerprint density at radius 3 is 2.78 bits per heavy atom. The van der Waals surface area contributed by atoms with Gasteiger partial charge < -0.3 is 20.4 Å². The highest BCUT2D eigenvalue weighted by molar-refractivity contribution is 7.71. The van der Waals surface area contributed by atoms with Crippen LogP contribution in [-0.4, -0.2) is 30.5 Å². The number of aryl methyl sites for hydroxylation is 1. The van der Waals surface area contributed by atoms with Crippen LogP contribution in [0, 0.1) is 11.6 Å². The van der Waals surface area contributed by atoms with E-state index in [1.807, 2.05) is 13.0 Å². The smallest absolute Gasteiger partial charge is 0.254 e. The van der Waals surface area contributed by atoms with Crippen LogP contribution in [0.3, 0.4) is 0 Å². The van der Waals surface area contributed by atoms with Gasteiger partial charge in [-0.15, -0.1) is 0 Å². The van der Waals surface area contributed by atoms with Gasteiger partial charge in [0.05, 0.1) is 24.9 Å². The first-order valence-corrected chi connectivity index (χ1v) is 7.32. The van der Waals surface area contributed by atoms with Crippen molar-refractivity contribution in [2.45, 2.75) is 6.92 Å². The number of anilines is 1. The van der Waals surface area contributed by atoms with E-state index in [2.05, 4.69) is 15.6 Å². The fourth-order valence-corrected chi connectivity index (χ4v) is 2.20. The van der Waals surface area contributed by atoms with E-state index < -0.39 is 5.91 Å². The number of amides is 2. The van der Waals surface area contributed by atoms with Crippen molar-refractivity contribution in [2.75, 3.05) is 19.0 Å². The van der Waals surface area contributed by atoms with Crippen molar-refractivity contribution in [3.05, 3.63) is 52.3 Å². The first-order valence-electron chi connectivity index (χ1n) is 6.91. The Morgan fingerprint density at radius 2 is 2.09 bits per heavy atom. The van der Waals surface area contributed by atoms with Crippen molar-refractivity contribution in [1.29, 1.82) is 0 Å². The molecule has 0 aliphatic heterocycles. The lowest BCUT2D eigenvalue weighted by molar-refractivity contribution is -0.115. The molecule has 23 heavy (non-hydrogen) atoms. The summed E-state index contributed by atoms with van der Waals surface area (Å²) in [5, 5.41) is 5.24. The molecule has 6 nitrogen and oxygen atoms in total. The Hall–Kier alpha value is -2.67. The minimum absolute atomic E-state index is 0.167. The summed E-state index contributed by atoms with van der Waals surface area (Å²) in [5.74, 6) is -0.202. The third kappa shape index (κ3) is 4.40. The summed E-state index contributed by atoms with van der Waals surface area (Å²) < 4.78 is 5.52. The van der Waals surface area contributed by atoms with E-state index in [4.69, 9.17) is 17.0 Å². The summed E-state index contributed by atoms with van der Waals surface area (Å²) in [6.45, 7) is 1.74. The van der Waals surface area contributed by atoms with Gasteiger partial charge in [-0.1, -0.05) is 18.3 Å². The second kappa shape index (κ2) is 7.55. The molecule has 0 atom stereocenters. The van der Waals surface area contributed by atoms with E-state index in [1.54, 1.807) is 30.5 Å². The summed E-state index contributed by atoms with van der Waals surface area (Å²) in [7, 11) is 1.53. The van der Waals surface area contributed by atoms with Gasteiger partial charge in [-0.05, 0) is 36.8 Å². The molecule has 0 saturated heterocycles. The molecule has 7 heteroatoms. The molecule has 0 fully saturated rings. The lowest BCUT2D eigenvalue weighted by atomic mass is 10.2. The molecule has 2 amide bonds. The topological polar surface area (TPSA) is 83.2 Å². The van der Waals surface area contributed by atoms with Crippen molar-refractivity contribution in [1.82, 2.24) is 10.3 Å². The zero-order valence-electron chi connectivity index (χ0n) is 12.8. The highest BCUT2D eigenvalue weighted by Crippen LogP contribution is 2.24. The molecule has 2 rings (SSSR count). The Labute approximate surface area is 138 Å². The summed E-state index contributed by atoms with van der Waals surface area (Å²) in [5.41, 5.74) is 1.87. The molecule has 0 aliphatic carbocycles. The van der Waals surface area contributed by atoms with Gasteiger partial charge in [0.1, 0.15) is 10.4 Å². The molecule has 0 unspecified atom stereocenters. The van der Waals surface area contributed by atoms with E-state index in [9.17, 15) is 9.59 Å². The first kappa shape index (κ1) is 16.7. The number of rotatable bonds is 5. The van der Waals surface area contributed by atoms with Crippen LogP contribution in [0.1, 0.15) is 15.9 Å². The van der Waals surface area contributed by atoms with Gasteiger partial charge in [-0.3, -0.25) is 9.59 Å². The molecule has 0 saturated carbocycles. The van der Waals surface area contributed by atoms with E-state index in [1.165, 1.54) is 7.11 Å². The number of pyridine rings is 1. The van der Waals surface area contributed by atoms with Gasteiger partial charge in [-0.25, -0.2) is 0 Å². The number of H-pyrrole nitrogens is 1. The van der Waals surface area contributed by atoms with E-state index in [0.717, 1.165) is 5.56 Å². The van der Waals surface area contributed by atoms with Crippen LogP contribution in [0.5, 0.6) is 5.75 Å². The van der Waals surface area contributed by atoms with Gasteiger partial charge >= 0.3 is 0 Å². The zero-order chi connectivity index (χ0) is 16.8. The number of hydrogen-bond donors (Lipinski definition) is 3. The predicted molar refractivity (Wildman–Crippen MR) is 90.3 cm³/mol. The molecule has 1 aromatic carbocycles. The number of benzene rings is 1. The van der Waals surface area contributed by atoms with Crippen LogP contribution in [-0.2, 0) is 4.79 Å². The molecule has 1 aromatic heterocycles. The Morgan fingerprint density at radius 1 is 1.30 bits per heavy atom. The van der Waals surface area contributed by atoms with Crippen molar-refractivity contribution < 1.29 is 14.3 Å². The fraction of sp³-hybridized carbons (Fsp3) is 0.188. The minimum atomic E-state index is -0.404. The minimum Gasteiger partial charge on any atom is -0.495 e. The number of aromatic amines is 1. The number of methoxy groups -OCH3 is 1. The van der Waals surface area contributed by atoms with Crippen LogP contribution in [0.15, 0.2) is 36.5 Å². The van der Waals surface area contributed by atoms with Crippen LogP contribution in [0.25, 0.3) is 0 Å². The fourth-order valence-electron chi connectivity index (χ4n) is 1.97. The third-order valence-electron chi connectivity index (χ3n) is 3.10. The maximum Gasteiger partial charge on any atom is 0.254 e. The molecular weight excluding hydrogens is 314 g/mol. The summed E-state index contributed by atoms with van der Waals surface area (Å²) in [4.78, 5) is 26.8. The van der Waals surface area contributed by atoms with Crippen molar-refractivity contribution >= 4 is 29.7 Å². The molecule has 0 bridgehead atoms. The molecule has 120 valence electrons. The van der Waals surface area contributed by atoms with Crippen LogP contribution in [0.2, 0.25) is 0 Å². The third-order valence-corrected chi connectivity index (χ3v) is 3.44. The molecule has 0 radical (unpaired) electrons. The van der Waals surface area contributed by atoms with Crippen LogP contribution in [0.4, 0.5) is 5.69 Å². The largest absolute Gasteiger partial charge is 0.495 e. The maximum atomic E-state index is 12.0. The maximum absolute atomic E-state index is 12.0. The second-order valence-electron chi connectivity index (χ2n) is 4.85. The number of nitrogens with one attached hydrogen (secondary N) is 3. The monoisotopic (exact) mass is 331 g/mol. The first-order chi connectivity index (χ1) is 11.0. The molecule has 2 aromatic rings. The summed E-state index contributed by atoms with van der Waals surface area (Å²) in [6, 6.07) is 8.71. The van der Waals surface area contributed by atoms with Gasteiger partial charge in [0.15, 0.2) is 0 Å².